The van der Waals surface area contributed by atoms with E-state index in [1.54, 1.807) is 22.8 Å². The average molecular weight is 393 g/mol. The predicted octanol–water partition coefficient (Wildman–Crippen LogP) is 3.78. The Bertz CT molecular complexity index is 1040. The SMILES string of the molecule is OCc1nnc2n1-c1ccc(Cl)cc1C(c1ccc(C(F)(F)F)cc1)=NC2. The minimum atomic E-state index is -4.41. The maximum absolute atomic E-state index is 12.8. The number of aliphatic imine (C=N–C) groups is 1. The predicted molar refractivity (Wildman–Crippen MR) is 93.1 cm³/mol. The molecule has 138 valence electrons. The highest BCUT2D eigenvalue weighted by Gasteiger charge is 2.30. The summed E-state index contributed by atoms with van der Waals surface area (Å²) < 4.78 is 40.2. The molecule has 0 saturated heterocycles. The van der Waals surface area contributed by atoms with E-state index in [0.29, 0.717) is 39.2 Å². The number of nitrogens with zero attached hydrogens (tertiary/aromatic N) is 4. The summed E-state index contributed by atoms with van der Waals surface area (Å²) in [5.41, 5.74) is 1.56. The Morgan fingerprint density at radius 1 is 1.07 bits per heavy atom. The molecule has 0 atom stereocenters. The van der Waals surface area contributed by atoms with Crippen molar-refractivity contribution in [2.24, 2.45) is 4.99 Å². The second-order valence-corrected chi connectivity index (χ2v) is 6.36. The van der Waals surface area contributed by atoms with Crippen LogP contribution in [0.15, 0.2) is 47.5 Å². The molecule has 0 amide bonds. The van der Waals surface area contributed by atoms with Crippen LogP contribution in [0.25, 0.3) is 5.69 Å². The van der Waals surface area contributed by atoms with E-state index in [2.05, 4.69) is 15.2 Å². The topological polar surface area (TPSA) is 63.3 Å². The number of hydrogen-bond donors (Lipinski definition) is 1. The monoisotopic (exact) mass is 392 g/mol. The number of halogens is 4. The number of benzene rings is 2. The fraction of sp³-hybridized carbons (Fsp3) is 0.167. The van der Waals surface area contributed by atoms with Gasteiger partial charge in [0.1, 0.15) is 13.2 Å². The highest BCUT2D eigenvalue weighted by atomic mass is 35.5. The standard InChI is InChI=1S/C18H12ClF3N4O/c19-12-5-6-14-13(7-12)17(10-1-3-11(4-2-10)18(20,21)22)23-8-15-24-25-16(9-27)26(14)15/h1-7,27H,8-9H2. The van der Waals surface area contributed by atoms with Gasteiger partial charge in [0.25, 0.3) is 0 Å². The highest BCUT2D eigenvalue weighted by Crippen LogP contribution is 2.31. The van der Waals surface area contributed by atoms with Gasteiger partial charge in [-0.1, -0.05) is 23.7 Å². The molecule has 0 unspecified atom stereocenters. The first kappa shape index (κ1) is 17.7. The van der Waals surface area contributed by atoms with Crippen molar-refractivity contribution in [1.29, 1.82) is 0 Å². The van der Waals surface area contributed by atoms with Gasteiger partial charge in [0.2, 0.25) is 0 Å². The van der Waals surface area contributed by atoms with Crippen LogP contribution in [0, 0.1) is 0 Å². The lowest BCUT2D eigenvalue weighted by Gasteiger charge is -2.14. The summed E-state index contributed by atoms with van der Waals surface area (Å²) in [7, 11) is 0. The lowest BCUT2D eigenvalue weighted by Crippen LogP contribution is -2.10. The molecule has 1 aromatic heterocycles. The van der Waals surface area contributed by atoms with Gasteiger partial charge in [0.05, 0.1) is 17.0 Å². The summed E-state index contributed by atoms with van der Waals surface area (Å²) in [4.78, 5) is 4.53. The van der Waals surface area contributed by atoms with Gasteiger partial charge in [-0.2, -0.15) is 13.2 Å². The maximum Gasteiger partial charge on any atom is 0.416 e. The third-order valence-corrected chi connectivity index (χ3v) is 4.49. The Morgan fingerprint density at radius 3 is 2.48 bits per heavy atom. The number of aromatic nitrogens is 3. The molecule has 0 fully saturated rings. The van der Waals surface area contributed by atoms with Gasteiger partial charge in [-0.15, -0.1) is 10.2 Å². The zero-order valence-electron chi connectivity index (χ0n) is 13.7. The molecule has 1 aliphatic rings. The van der Waals surface area contributed by atoms with Crippen molar-refractivity contribution in [2.75, 3.05) is 0 Å². The van der Waals surface area contributed by atoms with E-state index >= 15 is 0 Å². The van der Waals surface area contributed by atoms with Crippen molar-refractivity contribution in [2.45, 2.75) is 19.3 Å². The molecule has 1 N–H and O–H groups in total. The van der Waals surface area contributed by atoms with E-state index in [-0.39, 0.29) is 13.2 Å². The van der Waals surface area contributed by atoms with Crippen LogP contribution in [0.3, 0.4) is 0 Å². The zero-order chi connectivity index (χ0) is 19.2. The summed E-state index contributed by atoms with van der Waals surface area (Å²) in [6, 6.07) is 9.91. The maximum atomic E-state index is 12.8. The largest absolute Gasteiger partial charge is 0.416 e. The smallest absolute Gasteiger partial charge is 0.388 e. The molecule has 4 rings (SSSR count). The minimum Gasteiger partial charge on any atom is -0.388 e. The third kappa shape index (κ3) is 3.11. The molecule has 5 nitrogen and oxygen atoms in total. The molecule has 0 saturated carbocycles. The van der Waals surface area contributed by atoms with Crippen LogP contribution in [0.5, 0.6) is 0 Å². The summed E-state index contributed by atoms with van der Waals surface area (Å²) in [6.07, 6.45) is -4.41. The van der Waals surface area contributed by atoms with Crippen molar-refractivity contribution in [1.82, 2.24) is 14.8 Å². The van der Waals surface area contributed by atoms with Gasteiger partial charge in [0.15, 0.2) is 11.6 Å². The Kier molecular flexibility index (Phi) is 4.24. The molecule has 0 spiro atoms. The Hall–Kier alpha value is -2.71. The molecule has 1 aliphatic heterocycles. The van der Waals surface area contributed by atoms with E-state index in [1.807, 2.05) is 0 Å². The van der Waals surface area contributed by atoms with Crippen molar-refractivity contribution in [3.63, 3.8) is 0 Å². The van der Waals surface area contributed by atoms with Crippen LogP contribution >= 0.6 is 11.6 Å². The van der Waals surface area contributed by atoms with Crippen molar-refractivity contribution >= 4 is 17.3 Å². The molecule has 9 heteroatoms. The van der Waals surface area contributed by atoms with Gasteiger partial charge in [-0.05, 0) is 30.3 Å². The first-order chi connectivity index (χ1) is 12.9. The second kappa shape index (κ2) is 6.47. The molecule has 3 aromatic rings. The Morgan fingerprint density at radius 2 is 1.81 bits per heavy atom. The second-order valence-electron chi connectivity index (χ2n) is 5.93. The fourth-order valence-electron chi connectivity index (χ4n) is 3.03. The number of hydrogen-bond acceptors (Lipinski definition) is 4. The summed E-state index contributed by atoms with van der Waals surface area (Å²) >= 11 is 6.15. The van der Waals surface area contributed by atoms with E-state index in [0.717, 1.165) is 12.1 Å². The van der Waals surface area contributed by atoms with E-state index in [4.69, 9.17) is 11.6 Å². The summed E-state index contributed by atoms with van der Waals surface area (Å²) in [5.74, 6) is 0.863. The normalized spacial score (nSPS) is 13.6. The van der Waals surface area contributed by atoms with Gasteiger partial charge >= 0.3 is 6.18 Å². The molecular weight excluding hydrogens is 381 g/mol. The Labute approximate surface area is 156 Å². The lowest BCUT2D eigenvalue weighted by atomic mass is 9.99. The molecule has 0 radical (unpaired) electrons. The summed E-state index contributed by atoms with van der Waals surface area (Å²) in [6.45, 7) is -0.152. The van der Waals surface area contributed by atoms with Gasteiger partial charge in [-0.3, -0.25) is 9.56 Å². The lowest BCUT2D eigenvalue weighted by molar-refractivity contribution is -0.137. The van der Waals surface area contributed by atoms with Crippen LogP contribution in [0.2, 0.25) is 5.02 Å². The van der Waals surface area contributed by atoms with Crippen LogP contribution in [-0.2, 0) is 19.3 Å². The van der Waals surface area contributed by atoms with Crippen LogP contribution < -0.4 is 0 Å². The first-order valence-corrected chi connectivity index (χ1v) is 8.32. The number of aliphatic hydroxyl groups is 1. The number of alkyl halides is 3. The molecule has 27 heavy (non-hydrogen) atoms. The van der Waals surface area contributed by atoms with Crippen molar-refractivity contribution in [3.8, 4) is 5.69 Å². The van der Waals surface area contributed by atoms with Crippen LogP contribution in [0.1, 0.15) is 28.3 Å². The summed E-state index contributed by atoms with van der Waals surface area (Å²) in [5, 5.41) is 18.0. The zero-order valence-corrected chi connectivity index (χ0v) is 14.5. The molecular formula is C18H12ClF3N4O. The van der Waals surface area contributed by atoms with Gasteiger partial charge in [0, 0.05) is 16.1 Å². The fourth-order valence-corrected chi connectivity index (χ4v) is 3.20. The first-order valence-electron chi connectivity index (χ1n) is 7.95. The van der Waals surface area contributed by atoms with E-state index < -0.39 is 11.7 Å². The molecule has 0 aliphatic carbocycles. The third-order valence-electron chi connectivity index (χ3n) is 4.26. The van der Waals surface area contributed by atoms with E-state index in [9.17, 15) is 18.3 Å². The van der Waals surface area contributed by atoms with Crippen molar-refractivity contribution in [3.05, 3.63) is 75.8 Å². The number of fused-ring (bicyclic) bond motifs is 3. The van der Waals surface area contributed by atoms with Crippen LogP contribution in [-0.4, -0.2) is 25.6 Å². The van der Waals surface area contributed by atoms with Crippen LogP contribution in [0.4, 0.5) is 13.2 Å². The van der Waals surface area contributed by atoms with Gasteiger partial charge in [-0.25, -0.2) is 0 Å². The molecule has 2 heterocycles. The molecule has 0 bridgehead atoms. The average Bonchev–Trinajstić information content (AvgIpc) is 2.97. The quantitative estimate of drug-likeness (QED) is 0.722. The minimum absolute atomic E-state index is 0.162. The van der Waals surface area contributed by atoms with Crippen molar-refractivity contribution < 1.29 is 18.3 Å². The van der Waals surface area contributed by atoms with Gasteiger partial charge < -0.3 is 5.11 Å². The number of rotatable bonds is 2. The number of aliphatic hydroxyl groups excluding tert-OH is 1. The highest BCUT2D eigenvalue weighted by molar-refractivity contribution is 6.31. The molecule has 2 aromatic carbocycles. The Balaban J connectivity index is 1.88. The van der Waals surface area contributed by atoms with E-state index in [1.165, 1.54) is 12.1 Å².